The highest BCUT2D eigenvalue weighted by molar-refractivity contribution is 7.09. The van der Waals surface area contributed by atoms with Gasteiger partial charge < -0.3 is 5.32 Å². The first-order chi connectivity index (χ1) is 12.9. The van der Waals surface area contributed by atoms with E-state index in [4.69, 9.17) is 0 Å². The predicted octanol–water partition coefficient (Wildman–Crippen LogP) is 4.34. The van der Waals surface area contributed by atoms with Crippen LogP contribution in [0.3, 0.4) is 0 Å². The smallest absolute Gasteiger partial charge is 0.356 e. The lowest BCUT2D eigenvalue weighted by molar-refractivity contribution is -0.137. The van der Waals surface area contributed by atoms with Crippen LogP contribution in [0.25, 0.3) is 0 Å². The van der Waals surface area contributed by atoms with Gasteiger partial charge in [-0.1, -0.05) is 24.3 Å². The second-order valence-electron chi connectivity index (χ2n) is 6.98. The van der Waals surface area contributed by atoms with Crippen molar-refractivity contribution in [1.82, 2.24) is 10.2 Å². The average molecular weight is 396 g/mol. The van der Waals surface area contributed by atoms with Gasteiger partial charge in [0.2, 0.25) is 5.91 Å². The number of halogens is 3. The van der Waals surface area contributed by atoms with Crippen LogP contribution in [0, 0.1) is 5.92 Å². The van der Waals surface area contributed by atoms with E-state index in [0.717, 1.165) is 44.6 Å². The van der Waals surface area contributed by atoms with Gasteiger partial charge in [-0.3, -0.25) is 9.69 Å². The quantitative estimate of drug-likeness (QED) is 0.788. The van der Waals surface area contributed by atoms with Crippen LogP contribution >= 0.6 is 11.3 Å². The largest absolute Gasteiger partial charge is 0.416 e. The Labute approximate surface area is 161 Å². The minimum atomic E-state index is -4.39. The highest BCUT2D eigenvalue weighted by Gasteiger charge is 2.30. The molecule has 3 rings (SSSR count). The molecule has 0 atom stereocenters. The van der Waals surface area contributed by atoms with E-state index >= 15 is 0 Å². The number of hydrogen-bond donors (Lipinski definition) is 1. The van der Waals surface area contributed by atoms with Crippen molar-refractivity contribution in [1.29, 1.82) is 0 Å². The van der Waals surface area contributed by atoms with Crippen molar-refractivity contribution in [2.75, 3.05) is 19.6 Å². The molecule has 2 aromatic rings. The fraction of sp³-hybridized carbons (Fsp3) is 0.450. The molecule has 0 unspecified atom stereocenters. The van der Waals surface area contributed by atoms with Crippen molar-refractivity contribution in [3.8, 4) is 0 Å². The Hall–Kier alpha value is -1.86. The van der Waals surface area contributed by atoms with Gasteiger partial charge in [0, 0.05) is 18.0 Å². The Bertz CT molecular complexity index is 738. The summed E-state index contributed by atoms with van der Waals surface area (Å²) in [5.74, 6) is 0.199. The zero-order valence-electron chi connectivity index (χ0n) is 15.0. The summed E-state index contributed by atoms with van der Waals surface area (Å²) in [6, 6.07) is 9.16. The lowest BCUT2D eigenvalue weighted by Crippen LogP contribution is -2.38. The molecule has 1 aromatic carbocycles. The van der Waals surface area contributed by atoms with Crippen molar-refractivity contribution in [2.45, 2.75) is 32.0 Å². The number of likely N-dealkylation sites (tertiary alicyclic amines) is 1. The number of carbonyl (C=O) groups excluding carboxylic acids is 1. The number of alkyl halides is 3. The number of thiophene rings is 1. The summed E-state index contributed by atoms with van der Waals surface area (Å²) in [5.41, 5.74) is -0.334. The second-order valence-corrected chi connectivity index (χ2v) is 8.01. The Morgan fingerprint density at radius 2 is 1.96 bits per heavy atom. The molecule has 1 amide bonds. The molecule has 1 N–H and O–H groups in total. The SMILES string of the molecule is O=C(Cc1cccc(C(F)(F)F)c1)NCC1CCN(Cc2cccs2)CC1. The van der Waals surface area contributed by atoms with Crippen LogP contribution < -0.4 is 5.32 Å². The van der Waals surface area contributed by atoms with E-state index in [1.165, 1.54) is 10.9 Å². The second kappa shape index (κ2) is 8.89. The normalized spacial score (nSPS) is 16.4. The molecule has 7 heteroatoms. The van der Waals surface area contributed by atoms with Gasteiger partial charge in [0.05, 0.1) is 12.0 Å². The Morgan fingerprint density at radius 3 is 2.63 bits per heavy atom. The number of piperidine rings is 1. The summed E-state index contributed by atoms with van der Waals surface area (Å²) in [7, 11) is 0. The first kappa shape index (κ1) is 19.9. The van der Waals surface area contributed by atoms with Crippen LogP contribution in [0.2, 0.25) is 0 Å². The van der Waals surface area contributed by atoms with E-state index in [-0.39, 0.29) is 12.3 Å². The highest BCUT2D eigenvalue weighted by atomic mass is 32.1. The standard InChI is InChI=1S/C20H23F3N2OS/c21-20(22,23)17-4-1-3-16(11-17)12-19(26)24-13-15-6-8-25(9-7-15)14-18-5-2-10-27-18/h1-5,10-11,15H,6-9,12-14H2,(H,24,26). The third kappa shape index (κ3) is 6.07. The molecule has 0 aliphatic carbocycles. The molecule has 1 fully saturated rings. The van der Waals surface area contributed by atoms with E-state index in [1.807, 2.05) is 0 Å². The highest BCUT2D eigenvalue weighted by Crippen LogP contribution is 2.29. The van der Waals surface area contributed by atoms with Gasteiger partial charge in [0.1, 0.15) is 0 Å². The maximum absolute atomic E-state index is 12.7. The fourth-order valence-corrected chi connectivity index (χ4v) is 4.08. The zero-order valence-corrected chi connectivity index (χ0v) is 15.8. The molecule has 0 spiro atoms. The fourth-order valence-electron chi connectivity index (χ4n) is 3.34. The van der Waals surface area contributed by atoms with Gasteiger partial charge in [0.25, 0.3) is 0 Å². The van der Waals surface area contributed by atoms with Crippen molar-refractivity contribution in [3.63, 3.8) is 0 Å². The molecular formula is C20H23F3N2OS. The Balaban J connectivity index is 1.40. The minimum Gasteiger partial charge on any atom is -0.356 e. The number of nitrogens with zero attached hydrogens (tertiary/aromatic N) is 1. The summed E-state index contributed by atoms with van der Waals surface area (Å²) >= 11 is 1.77. The summed E-state index contributed by atoms with van der Waals surface area (Å²) < 4.78 is 38.2. The van der Waals surface area contributed by atoms with Crippen molar-refractivity contribution in [3.05, 3.63) is 57.8 Å². The van der Waals surface area contributed by atoms with E-state index < -0.39 is 11.7 Å². The molecule has 146 valence electrons. The van der Waals surface area contributed by atoms with Crippen LogP contribution in [0.4, 0.5) is 13.2 Å². The number of hydrogen-bond acceptors (Lipinski definition) is 3. The maximum atomic E-state index is 12.7. The van der Waals surface area contributed by atoms with Crippen LogP contribution in [-0.4, -0.2) is 30.4 Å². The van der Waals surface area contributed by atoms with Gasteiger partial charge in [-0.25, -0.2) is 0 Å². The maximum Gasteiger partial charge on any atom is 0.416 e. The zero-order chi connectivity index (χ0) is 19.3. The topological polar surface area (TPSA) is 32.3 Å². The van der Waals surface area contributed by atoms with Crippen LogP contribution in [0.1, 0.15) is 28.8 Å². The van der Waals surface area contributed by atoms with E-state index in [2.05, 4.69) is 27.7 Å². The number of carbonyl (C=O) groups is 1. The van der Waals surface area contributed by atoms with E-state index in [0.29, 0.717) is 18.0 Å². The molecule has 0 radical (unpaired) electrons. The minimum absolute atomic E-state index is 0.0266. The number of nitrogens with one attached hydrogen (secondary N) is 1. The van der Waals surface area contributed by atoms with Crippen LogP contribution in [0.15, 0.2) is 41.8 Å². The van der Waals surface area contributed by atoms with Gasteiger partial charge in [-0.15, -0.1) is 11.3 Å². The number of rotatable bonds is 6. The number of amides is 1. The summed E-state index contributed by atoms with van der Waals surface area (Å²) in [6.45, 7) is 3.58. The molecule has 0 saturated carbocycles. The van der Waals surface area contributed by atoms with Gasteiger partial charge in [-0.05, 0) is 54.9 Å². The lowest BCUT2D eigenvalue weighted by atomic mass is 9.96. The first-order valence-corrected chi connectivity index (χ1v) is 9.95. The first-order valence-electron chi connectivity index (χ1n) is 9.08. The van der Waals surface area contributed by atoms with Gasteiger partial charge in [-0.2, -0.15) is 13.2 Å². The van der Waals surface area contributed by atoms with E-state index in [1.54, 1.807) is 17.4 Å². The molecule has 3 nitrogen and oxygen atoms in total. The van der Waals surface area contributed by atoms with Crippen molar-refractivity contribution in [2.24, 2.45) is 5.92 Å². The Kier molecular flexibility index (Phi) is 6.55. The molecule has 1 aliphatic rings. The van der Waals surface area contributed by atoms with Crippen molar-refractivity contribution >= 4 is 17.2 Å². The molecule has 27 heavy (non-hydrogen) atoms. The summed E-state index contributed by atoms with van der Waals surface area (Å²) in [5, 5.41) is 4.97. The van der Waals surface area contributed by atoms with Crippen molar-refractivity contribution < 1.29 is 18.0 Å². The average Bonchev–Trinajstić information content (AvgIpc) is 3.14. The molecule has 1 aliphatic heterocycles. The molecule has 0 bridgehead atoms. The molecular weight excluding hydrogens is 373 g/mol. The third-order valence-corrected chi connectivity index (χ3v) is 5.73. The Morgan fingerprint density at radius 1 is 1.19 bits per heavy atom. The lowest BCUT2D eigenvalue weighted by Gasteiger charge is -2.31. The van der Waals surface area contributed by atoms with Crippen LogP contribution in [0.5, 0.6) is 0 Å². The predicted molar refractivity (Wildman–Crippen MR) is 100 cm³/mol. The van der Waals surface area contributed by atoms with Crippen LogP contribution in [-0.2, 0) is 23.9 Å². The molecule has 1 saturated heterocycles. The summed E-state index contributed by atoms with van der Waals surface area (Å²) in [6.07, 6.45) is -2.37. The third-order valence-electron chi connectivity index (χ3n) is 4.87. The molecule has 2 heterocycles. The monoisotopic (exact) mass is 396 g/mol. The van der Waals surface area contributed by atoms with Gasteiger partial charge in [0.15, 0.2) is 0 Å². The summed E-state index contributed by atoms with van der Waals surface area (Å²) in [4.78, 5) is 15.9. The van der Waals surface area contributed by atoms with E-state index in [9.17, 15) is 18.0 Å². The van der Waals surface area contributed by atoms with Gasteiger partial charge >= 0.3 is 6.18 Å². The molecule has 1 aromatic heterocycles. The number of benzene rings is 1.